The van der Waals surface area contributed by atoms with E-state index in [1.807, 2.05) is 0 Å². The molecule has 0 aromatic heterocycles. The van der Waals surface area contributed by atoms with Gasteiger partial charge in [0.15, 0.2) is 5.96 Å². The summed E-state index contributed by atoms with van der Waals surface area (Å²) in [5.41, 5.74) is 8.93. The number of carbonyl (C=O) groups excluding carboxylic acids is 1. The van der Waals surface area contributed by atoms with Gasteiger partial charge in [-0.25, -0.2) is 0 Å². The minimum absolute atomic E-state index is 0.00951. The smallest absolute Gasteiger partial charge is 0.183 e. The number of phenolic OH excluding ortho intramolecular Hbond substituents is 1. The van der Waals surface area contributed by atoms with Crippen molar-refractivity contribution in [3.63, 3.8) is 0 Å². The Hall–Kier alpha value is -1.96. The molecule has 0 aliphatic heterocycles. The minimum atomic E-state index is -4.98. The molecule has 0 aliphatic carbocycles. The Kier molecular flexibility index (Phi) is 6.13. The van der Waals surface area contributed by atoms with Crippen LogP contribution in [-0.2, 0) is 8.53 Å². The molecule has 0 aliphatic rings. The summed E-state index contributed by atoms with van der Waals surface area (Å²) in [7, 11) is 0. The number of rotatable bonds is 2. The molecule has 0 atom stereocenters. The van der Waals surface area contributed by atoms with E-state index >= 15 is 0 Å². The number of amides is 1. The van der Waals surface area contributed by atoms with E-state index in [-0.39, 0.29) is 21.7 Å². The van der Waals surface area contributed by atoms with E-state index in [1.54, 1.807) is 0 Å². The van der Waals surface area contributed by atoms with Gasteiger partial charge in [-0.05, 0) is 0 Å². The third kappa shape index (κ3) is 7.14. The molecule has 1 rings (SSSR count). The van der Waals surface area contributed by atoms with Crippen molar-refractivity contribution < 1.29 is 21.8 Å². The van der Waals surface area contributed by atoms with Crippen molar-refractivity contribution in [1.29, 1.82) is 5.41 Å². The average Bonchev–Trinajstić information content (AvgIpc) is 2.18. The van der Waals surface area contributed by atoms with Gasteiger partial charge >= 0.3 is 88.1 Å². The molecule has 1 aromatic carbocycles. The predicted molar refractivity (Wildman–Crippen MR) is 69.0 cm³/mol. The summed E-state index contributed by atoms with van der Waals surface area (Å²) >= 11 is -4.98. The fourth-order valence-electron chi connectivity index (χ4n) is 0.995. The molecule has 0 radical (unpaired) electrons. The molecule has 10 heteroatoms. The van der Waals surface area contributed by atoms with Crippen LogP contribution in [0.25, 0.3) is 0 Å². The number of phenols is 1. The summed E-state index contributed by atoms with van der Waals surface area (Å²) in [6, 6.07) is 3.32. The van der Waals surface area contributed by atoms with Crippen LogP contribution in [0.15, 0.2) is 18.2 Å². The molecule has 9 N–H and O–H groups in total. The number of carbonyl (C=O) groups is 1. The van der Waals surface area contributed by atoms with Crippen molar-refractivity contribution in [2.24, 2.45) is 11.5 Å². The van der Waals surface area contributed by atoms with Crippen LogP contribution in [0.3, 0.4) is 0 Å². The van der Waals surface area contributed by atoms with Crippen molar-refractivity contribution in [2.75, 3.05) is 5.32 Å². The zero-order valence-corrected chi connectivity index (χ0v) is 11.9. The van der Waals surface area contributed by atoms with E-state index in [0.29, 0.717) is 0 Å². The van der Waals surface area contributed by atoms with Crippen LogP contribution in [-0.4, -0.2) is 39.3 Å². The molecule has 0 heterocycles. The van der Waals surface area contributed by atoms with Crippen molar-refractivity contribution in [3.05, 3.63) is 18.2 Å². The molecule has 0 saturated heterocycles. The van der Waals surface area contributed by atoms with E-state index in [1.165, 1.54) is 6.92 Å². The molecule has 0 bridgehead atoms. The molecular weight excluding hydrogens is 319 g/mol. The zero-order valence-electron chi connectivity index (χ0n) is 9.99. The fraction of sp³-hybridized carbons (Fsp3) is 0.111. The Morgan fingerprint density at radius 3 is 2.21 bits per heavy atom. The number of hydrogen-bond acceptors (Lipinski definition) is 4. The summed E-state index contributed by atoms with van der Waals surface area (Å²) in [5.74, 6) is -1.00. The van der Waals surface area contributed by atoms with E-state index < -0.39 is 20.1 Å². The van der Waals surface area contributed by atoms with Crippen LogP contribution >= 0.6 is 0 Å². The molecule has 0 saturated carbocycles. The van der Waals surface area contributed by atoms with E-state index in [2.05, 4.69) is 16.8 Å². The first-order chi connectivity index (χ1) is 8.54. The van der Waals surface area contributed by atoms with Gasteiger partial charge in [-0.15, -0.1) is 0 Å². The van der Waals surface area contributed by atoms with Crippen LogP contribution in [0.1, 0.15) is 6.92 Å². The van der Waals surface area contributed by atoms with Gasteiger partial charge in [0.2, 0.25) is 0 Å². The maximum absolute atomic E-state index is 10.9. The first-order valence-electron chi connectivity index (χ1n) is 4.80. The number of guanidine groups is 1. The average molecular weight is 334 g/mol. The van der Waals surface area contributed by atoms with Crippen LogP contribution in [0, 0.1) is 5.41 Å². The molecule has 0 fully saturated rings. The summed E-state index contributed by atoms with van der Waals surface area (Å²) in [6.07, 6.45) is 0. The monoisotopic (exact) mass is 334 g/mol. The van der Waals surface area contributed by atoms with Crippen molar-refractivity contribution >= 4 is 36.1 Å². The third-order valence-electron chi connectivity index (χ3n) is 1.63. The van der Waals surface area contributed by atoms with Gasteiger partial charge in [-0.3, -0.25) is 5.41 Å². The van der Waals surface area contributed by atoms with Gasteiger partial charge in [-0.2, -0.15) is 0 Å². The molecule has 9 nitrogen and oxygen atoms in total. The number of benzene rings is 1. The maximum atomic E-state index is 10.9. The molecule has 1 amide bonds. The second kappa shape index (κ2) is 6.83. The Balaban J connectivity index is 0.000000711. The van der Waals surface area contributed by atoms with Crippen LogP contribution < -0.4 is 21.1 Å². The second-order valence-electron chi connectivity index (χ2n) is 3.38. The Morgan fingerprint density at radius 1 is 1.37 bits per heavy atom. The van der Waals surface area contributed by atoms with Gasteiger partial charge in [0.25, 0.3) is 0 Å². The molecule has 0 spiro atoms. The van der Waals surface area contributed by atoms with Crippen LogP contribution in [0.4, 0.5) is 5.69 Å². The topological polar surface area (TPSA) is 183 Å². The zero-order chi connectivity index (χ0) is 15.2. The fourth-order valence-corrected chi connectivity index (χ4v) is 2.18. The minimum Gasteiger partial charge on any atom is -0.370 e. The number of hydrogen-bond donors (Lipinski definition) is 7. The number of nitrogens with one attached hydrogen (secondary N) is 2. The summed E-state index contributed by atoms with van der Waals surface area (Å²) in [4.78, 5) is 10.7. The molecule has 1 aromatic rings. The number of anilines is 1. The first kappa shape index (κ1) is 17.0. The summed E-state index contributed by atoms with van der Waals surface area (Å²) in [6.45, 7) is 1.23. The predicted octanol–water partition coefficient (Wildman–Crippen LogP) is -2.25. The molecular formula is C9H15AsN4O5. The van der Waals surface area contributed by atoms with Gasteiger partial charge in [0.1, 0.15) is 0 Å². The Labute approximate surface area is 111 Å². The molecule has 106 valence electrons. The van der Waals surface area contributed by atoms with Crippen LogP contribution in [0.5, 0.6) is 5.75 Å². The van der Waals surface area contributed by atoms with Gasteiger partial charge in [0.05, 0.1) is 0 Å². The molecule has 0 unspecified atom stereocenters. The summed E-state index contributed by atoms with van der Waals surface area (Å²) in [5, 5.41) is 17.6. The Bertz CT molecular complexity index is 523. The Morgan fingerprint density at radius 2 is 1.84 bits per heavy atom. The quantitative estimate of drug-likeness (QED) is 0.138. The van der Waals surface area contributed by atoms with Crippen molar-refractivity contribution in [3.8, 4) is 5.75 Å². The van der Waals surface area contributed by atoms with Gasteiger partial charge in [-0.1, -0.05) is 0 Å². The number of aromatic hydroxyl groups is 1. The van der Waals surface area contributed by atoms with E-state index in [0.717, 1.165) is 18.2 Å². The normalized spacial score (nSPS) is 10.1. The van der Waals surface area contributed by atoms with E-state index in [9.17, 15) is 13.6 Å². The standard InChI is InChI=1S/C8H10AsNO5.CH5N3/c1-5(11)10-7-4-6(9(13,14)15)2-3-8(7)12;2-1(3)4/h2-4,12H,1H3,(H,10,11)(H2,13,14,15);(H5,2,3,4). The van der Waals surface area contributed by atoms with E-state index in [4.69, 9.17) is 13.6 Å². The number of nitrogens with two attached hydrogens (primary N) is 2. The second-order valence-corrected chi connectivity index (χ2v) is 6.75. The summed E-state index contributed by atoms with van der Waals surface area (Å²) < 4.78 is 28.6. The maximum Gasteiger partial charge on any atom is 0.183 e. The van der Waals surface area contributed by atoms with Gasteiger partial charge in [0, 0.05) is 0 Å². The largest absolute Gasteiger partial charge is 0.370 e. The first-order valence-corrected chi connectivity index (χ1v) is 8.18. The van der Waals surface area contributed by atoms with Gasteiger partial charge < -0.3 is 11.5 Å². The van der Waals surface area contributed by atoms with Crippen molar-refractivity contribution in [2.45, 2.75) is 6.92 Å². The van der Waals surface area contributed by atoms with Crippen molar-refractivity contribution in [1.82, 2.24) is 0 Å². The molecule has 19 heavy (non-hydrogen) atoms. The van der Waals surface area contributed by atoms with Crippen LogP contribution in [0.2, 0.25) is 0 Å². The third-order valence-corrected chi connectivity index (χ3v) is 3.62. The SMILES string of the molecule is CC(=O)Nc1cc([As](=O)(O)O)ccc1O.N=C(N)N.